The molecule has 1 amide bonds. The normalized spacial score (nSPS) is 10.5. The Morgan fingerprint density at radius 2 is 1.96 bits per heavy atom. The summed E-state index contributed by atoms with van der Waals surface area (Å²) in [5.74, 6) is 0.384. The van der Waals surface area contributed by atoms with Gasteiger partial charge in [-0.25, -0.2) is 4.79 Å². The molecule has 1 heterocycles. The number of benzene rings is 2. The number of aromatic amines is 1. The Morgan fingerprint density at radius 1 is 1.16 bits per heavy atom. The van der Waals surface area contributed by atoms with Crippen LogP contribution in [0.3, 0.4) is 0 Å². The van der Waals surface area contributed by atoms with Gasteiger partial charge in [0.15, 0.2) is 6.61 Å². The molecule has 0 unspecified atom stereocenters. The smallest absolute Gasteiger partial charge is 0.330 e. The van der Waals surface area contributed by atoms with Crippen LogP contribution in [0, 0.1) is 13.8 Å². The lowest BCUT2D eigenvalue weighted by molar-refractivity contribution is -0.118. The standard InChI is InChI=1S/C19H19N3O3/c1-13-5-3-8-17(9-13)25-12-18(23)21-15-6-4-7-16(10-15)22-14(2)11-20-19(22)24/h3-11H,12H2,1-2H3,(H,20,24)(H,21,23). The van der Waals surface area contributed by atoms with Crippen LogP contribution < -0.4 is 15.7 Å². The summed E-state index contributed by atoms with van der Waals surface area (Å²) in [6.45, 7) is 3.71. The van der Waals surface area contributed by atoms with Crippen LogP contribution in [-0.2, 0) is 4.79 Å². The molecule has 0 radical (unpaired) electrons. The number of carbonyl (C=O) groups excluding carboxylic acids is 1. The molecule has 3 aromatic rings. The van der Waals surface area contributed by atoms with Crippen LogP contribution in [0.1, 0.15) is 11.3 Å². The van der Waals surface area contributed by atoms with E-state index in [2.05, 4.69) is 10.3 Å². The number of hydrogen-bond acceptors (Lipinski definition) is 3. The Kier molecular flexibility index (Phi) is 4.70. The minimum Gasteiger partial charge on any atom is -0.484 e. The van der Waals surface area contributed by atoms with Crippen molar-refractivity contribution in [3.05, 3.63) is 76.5 Å². The van der Waals surface area contributed by atoms with Crippen LogP contribution in [0.2, 0.25) is 0 Å². The monoisotopic (exact) mass is 337 g/mol. The van der Waals surface area contributed by atoms with Gasteiger partial charge >= 0.3 is 5.69 Å². The zero-order valence-corrected chi connectivity index (χ0v) is 14.1. The van der Waals surface area contributed by atoms with Gasteiger partial charge in [-0.1, -0.05) is 18.2 Å². The molecule has 0 saturated carbocycles. The van der Waals surface area contributed by atoms with Gasteiger partial charge in [0.1, 0.15) is 5.75 Å². The summed E-state index contributed by atoms with van der Waals surface area (Å²) in [6, 6.07) is 14.6. The number of H-pyrrole nitrogens is 1. The summed E-state index contributed by atoms with van der Waals surface area (Å²) in [5, 5.41) is 2.78. The first-order valence-corrected chi connectivity index (χ1v) is 7.90. The zero-order chi connectivity index (χ0) is 17.8. The van der Waals surface area contributed by atoms with Crippen molar-refractivity contribution in [3.63, 3.8) is 0 Å². The van der Waals surface area contributed by atoms with Gasteiger partial charge in [-0.3, -0.25) is 9.36 Å². The average molecular weight is 337 g/mol. The van der Waals surface area contributed by atoms with Crippen LogP contribution in [0.5, 0.6) is 5.75 Å². The summed E-state index contributed by atoms with van der Waals surface area (Å²) in [7, 11) is 0. The van der Waals surface area contributed by atoms with Gasteiger partial charge in [0.2, 0.25) is 0 Å². The van der Waals surface area contributed by atoms with Crippen molar-refractivity contribution >= 4 is 11.6 Å². The van der Waals surface area contributed by atoms with Crippen molar-refractivity contribution in [1.82, 2.24) is 9.55 Å². The number of ether oxygens (including phenoxy) is 1. The molecule has 3 rings (SSSR count). The molecule has 6 heteroatoms. The Hall–Kier alpha value is -3.28. The topological polar surface area (TPSA) is 76.1 Å². The van der Waals surface area contributed by atoms with Gasteiger partial charge < -0.3 is 15.0 Å². The number of anilines is 1. The number of hydrogen-bond donors (Lipinski definition) is 2. The van der Waals surface area contributed by atoms with E-state index in [1.54, 1.807) is 35.0 Å². The van der Waals surface area contributed by atoms with E-state index in [0.29, 0.717) is 17.1 Å². The largest absolute Gasteiger partial charge is 0.484 e. The highest BCUT2D eigenvalue weighted by Gasteiger charge is 2.08. The van der Waals surface area contributed by atoms with Gasteiger partial charge in [0.25, 0.3) is 5.91 Å². The molecule has 0 fully saturated rings. The predicted octanol–water partition coefficient (Wildman–Crippen LogP) is 2.80. The van der Waals surface area contributed by atoms with Crippen molar-refractivity contribution in [2.75, 3.05) is 11.9 Å². The molecule has 0 aliphatic heterocycles. The lowest BCUT2D eigenvalue weighted by atomic mass is 10.2. The Bertz CT molecular complexity index is 956. The number of nitrogens with zero attached hydrogens (tertiary/aromatic N) is 1. The van der Waals surface area contributed by atoms with E-state index in [-0.39, 0.29) is 18.2 Å². The molecule has 2 aromatic carbocycles. The van der Waals surface area contributed by atoms with Crippen LogP contribution in [0.25, 0.3) is 5.69 Å². The minimum absolute atomic E-state index is 0.0865. The molecular weight excluding hydrogens is 318 g/mol. The summed E-state index contributed by atoms with van der Waals surface area (Å²) in [6.07, 6.45) is 1.64. The maximum absolute atomic E-state index is 12.1. The van der Waals surface area contributed by atoms with Crippen LogP contribution in [-0.4, -0.2) is 22.1 Å². The van der Waals surface area contributed by atoms with E-state index in [4.69, 9.17) is 4.74 Å². The minimum atomic E-state index is -0.267. The van der Waals surface area contributed by atoms with E-state index in [0.717, 1.165) is 11.3 Å². The molecule has 1 aromatic heterocycles. The van der Waals surface area contributed by atoms with Crippen molar-refractivity contribution in [1.29, 1.82) is 0 Å². The molecule has 0 atom stereocenters. The maximum atomic E-state index is 12.1. The summed E-state index contributed by atoms with van der Waals surface area (Å²) in [4.78, 5) is 26.6. The Morgan fingerprint density at radius 3 is 2.68 bits per heavy atom. The van der Waals surface area contributed by atoms with Crippen LogP contribution in [0.15, 0.2) is 59.5 Å². The highest BCUT2D eigenvalue weighted by molar-refractivity contribution is 5.92. The van der Waals surface area contributed by atoms with E-state index in [9.17, 15) is 9.59 Å². The van der Waals surface area contributed by atoms with Crippen LogP contribution in [0.4, 0.5) is 5.69 Å². The molecule has 0 saturated heterocycles. The fourth-order valence-corrected chi connectivity index (χ4v) is 2.55. The Labute approximate surface area is 145 Å². The average Bonchev–Trinajstić information content (AvgIpc) is 2.92. The van der Waals surface area contributed by atoms with Gasteiger partial charge in [-0.2, -0.15) is 0 Å². The molecule has 2 N–H and O–H groups in total. The lowest BCUT2D eigenvalue weighted by Gasteiger charge is -2.10. The molecular formula is C19H19N3O3. The van der Waals surface area contributed by atoms with E-state index in [1.165, 1.54) is 0 Å². The molecule has 25 heavy (non-hydrogen) atoms. The van der Waals surface area contributed by atoms with Crippen molar-refractivity contribution in [2.45, 2.75) is 13.8 Å². The molecule has 128 valence electrons. The number of aryl methyl sites for hydroxylation is 2. The number of carbonyl (C=O) groups is 1. The predicted molar refractivity (Wildman–Crippen MR) is 96.4 cm³/mol. The Balaban J connectivity index is 1.68. The van der Waals surface area contributed by atoms with E-state index >= 15 is 0 Å². The third-order valence-corrected chi connectivity index (χ3v) is 3.71. The van der Waals surface area contributed by atoms with Crippen molar-refractivity contribution < 1.29 is 9.53 Å². The molecule has 0 bridgehead atoms. The SMILES string of the molecule is Cc1cccc(OCC(=O)Nc2cccc(-n3c(C)c[nH]c3=O)c2)c1. The summed E-state index contributed by atoms with van der Waals surface area (Å²) >= 11 is 0. The first-order chi connectivity index (χ1) is 12.0. The first kappa shape index (κ1) is 16.6. The number of amides is 1. The second-order valence-electron chi connectivity index (χ2n) is 5.77. The van der Waals surface area contributed by atoms with Gasteiger partial charge in [0, 0.05) is 17.6 Å². The number of imidazole rings is 1. The highest BCUT2D eigenvalue weighted by atomic mass is 16.5. The fourth-order valence-electron chi connectivity index (χ4n) is 2.55. The molecule has 6 nitrogen and oxygen atoms in total. The zero-order valence-electron chi connectivity index (χ0n) is 14.1. The molecule has 0 aliphatic carbocycles. The lowest BCUT2D eigenvalue weighted by Crippen LogP contribution is -2.20. The fraction of sp³-hybridized carbons (Fsp3) is 0.158. The first-order valence-electron chi connectivity index (χ1n) is 7.90. The number of nitrogens with one attached hydrogen (secondary N) is 2. The van der Waals surface area contributed by atoms with Crippen molar-refractivity contribution in [3.8, 4) is 11.4 Å². The number of aromatic nitrogens is 2. The van der Waals surface area contributed by atoms with Gasteiger partial charge in [-0.15, -0.1) is 0 Å². The second-order valence-corrected chi connectivity index (χ2v) is 5.77. The maximum Gasteiger partial charge on any atom is 0.330 e. The van der Waals surface area contributed by atoms with Crippen molar-refractivity contribution in [2.24, 2.45) is 0 Å². The quantitative estimate of drug-likeness (QED) is 0.752. The molecule has 0 spiro atoms. The van der Waals surface area contributed by atoms with E-state index in [1.807, 2.05) is 38.1 Å². The molecule has 0 aliphatic rings. The van der Waals surface area contributed by atoms with Crippen LogP contribution >= 0.6 is 0 Å². The second kappa shape index (κ2) is 7.09. The number of rotatable bonds is 5. The third-order valence-electron chi connectivity index (χ3n) is 3.71. The highest BCUT2D eigenvalue weighted by Crippen LogP contribution is 2.15. The van der Waals surface area contributed by atoms with Gasteiger partial charge in [-0.05, 0) is 49.7 Å². The third kappa shape index (κ3) is 3.98. The summed E-state index contributed by atoms with van der Waals surface area (Å²) < 4.78 is 7.03. The van der Waals surface area contributed by atoms with Gasteiger partial charge in [0.05, 0.1) is 5.69 Å². The summed E-state index contributed by atoms with van der Waals surface area (Å²) in [5.41, 5.74) is 2.92. The van der Waals surface area contributed by atoms with E-state index < -0.39 is 0 Å².